The van der Waals surface area contributed by atoms with Gasteiger partial charge in [-0.3, -0.25) is 4.18 Å². The van der Waals surface area contributed by atoms with Crippen LogP contribution in [0.3, 0.4) is 0 Å². The van der Waals surface area contributed by atoms with Crippen LogP contribution in [0.4, 0.5) is 0 Å². The van der Waals surface area contributed by atoms with Gasteiger partial charge < -0.3 is 5.61 Å². The van der Waals surface area contributed by atoms with Crippen molar-refractivity contribution >= 4 is 20.2 Å². The zero-order valence-electron chi connectivity index (χ0n) is 20.7. The van der Waals surface area contributed by atoms with E-state index in [-0.39, 0.29) is 53.1 Å². The molecule has 9 heteroatoms. The van der Waals surface area contributed by atoms with Crippen LogP contribution >= 0.6 is 0 Å². The fourth-order valence-electron chi connectivity index (χ4n) is 3.25. The molecule has 0 aliphatic rings. The van der Waals surface area contributed by atoms with Crippen LogP contribution in [0.25, 0.3) is 0 Å². The molecular weight excluding hydrogens is 471 g/mol. The predicted molar refractivity (Wildman–Crippen MR) is 127 cm³/mol. The van der Waals surface area contributed by atoms with E-state index < -0.39 is 20.2 Å². The zero-order valence-corrected chi connectivity index (χ0v) is 23.4. The van der Waals surface area contributed by atoms with Gasteiger partial charge in [0, 0.05) is 0 Å². The van der Waals surface area contributed by atoms with Crippen LogP contribution in [-0.4, -0.2) is 23.4 Å². The third-order valence-corrected chi connectivity index (χ3v) is 7.67. The van der Waals surface area contributed by atoms with Gasteiger partial charge in [-0.1, -0.05) is 82.9 Å². The van der Waals surface area contributed by atoms with E-state index in [2.05, 4.69) is 6.92 Å². The first kappa shape index (κ1) is 30.1. The van der Waals surface area contributed by atoms with E-state index in [4.69, 9.17) is 8.37 Å². The second kappa shape index (κ2) is 15.9. The summed E-state index contributed by atoms with van der Waals surface area (Å²) in [6, 6.07) is 13.0. The van der Waals surface area contributed by atoms with Gasteiger partial charge in [-0.2, -0.15) is 16.8 Å². The smallest absolute Gasteiger partial charge is 1.00 e. The molecule has 0 heterocycles. The van der Waals surface area contributed by atoms with Gasteiger partial charge in [-0.05, 0) is 42.8 Å². The minimum atomic E-state index is -4.05. The molecule has 6 nitrogen and oxygen atoms in total. The number of unbranched alkanes of at least 4 members (excludes halogenated alkanes) is 9. The van der Waals surface area contributed by atoms with E-state index in [1.54, 1.807) is 18.2 Å². The Morgan fingerprint density at radius 3 is 1.61 bits per heavy atom. The Balaban J connectivity index is 0.00000544. The summed E-state index contributed by atoms with van der Waals surface area (Å²) in [7, 11) is -7.98. The van der Waals surface area contributed by atoms with Crippen molar-refractivity contribution in [3.8, 4) is 5.75 Å². The molecule has 2 rings (SSSR count). The molecule has 0 saturated carbocycles. The zero-order chi connectivity index (χ0) is 23.3. The van der Waals surface area contributed by atoms with Crippen molar-refractivity contribution in [1.29, 1.82) is 0 Å². The van der Waals surface area contributed by atoms with E-state index in [0.29, 0.717) is 6.42 Å². The SMILES string of the molecule is CCCCCCCCCCCCOS(=O)(=O)c1ccc(S(=O)(=O)Oc2ccccc2)cc1.[H-].[Na+]. The standard InChI is InChI=1S/C24H34O6S2.Na.H/c1-2-3-4-5-6-7-8-9-10-14-21-29-31(25,26)23-17-19-24(20-18-23)32(27,28)30-22-15-12-11-13-16-22;;/h11-13,15-20H,2-10,14,21H2,1H3;;/q;+1;-1. The van der Waals surface area contributed by atoms with E-state index >= 15 is 0 Å². The predicted octanol–water partition coefficient (Wildman–Crippen LogP) is 3.20. The van der Waals surface area contributed by atoms with Crippen molar-refractivity contribution in [3.63, 3.8) is 0 Å². The summed E-state index contributed by atoms with van der Waals surface area (Å²) in [4.78, 5) is -0.210. The van der Waals surface area contributed by atoms with E-state index in [1.165, 1.54) is 81.3 Å². The molecule has 180 valence electrons. The molecule has 2 aromatic carbocycles. The first-order chi connectivity index (χ1) is 15.3. The Morgan fingerprint density at radius 2 is 1.09 bits per heavy atom. The van der Waals surface area contributed by atoms with Crippen molar-refractivity contribution in [1.82, 2.24) is 0 Å². The van der Waals surface area contributed by atoms with Crippen molar-refractivity contribution in [2.75, 3.05) is 6.61 Å². The van der Waals surface area contributed by atoms with Crippen molar-refractivity contribution < 1.29 is 56.2 Å². The molecule has 0 saturated heterocycles. The van der Waals surface area contributed by atoms with Crippen LogP contribution < -0.4 is 33.7 Å². The third kappa shape index (κ3) is 11.4. The summed E-state index contributed by atoms with van der Waals surface area (Å²) in [5.74, 6) is 0.184. The number of hydrogen-bond acceptors (Lipinski definition) is 6. The molecule has 0 aliphatic carbocycles. The molecule has 0 aromatic heterocycles. The maximum absolute atomic E-state index is 12.3. The van der Waals surface area contributed by atoms with Crippen LogP contribution in [0.15, 0.2) is 64.4 Å². The average molecular weight is 507 g/mol. The van der Waals surface area contributed by atoms with Gasteiger partial charge in [-0.15, -0.1) is 0 Å². The summed E-state index contributed by atoms with van der Waals surface area (Å²) in [5.41, 5.74) is 0. The molecule has 0 aliphatic heterocycles. The molecule has 2 aromatic rings. The second-order valence-electron chi connectivity index (χ2n) is 7.78. The van der Waals surface area contributed by atoms with Crippen molar-refractivity contribution in [2.45, 2.75) is 80.9 Å². The molecule has 0 unspecified atom stereocenters. The van der Waals surface area contributed by atoms with Crippen LogP contribution in [0.2, 0.25) is 0 Å². The average Bonchev–Trinajstić information content (AvgIpc) is 2.78. The molecule has 0 bridgehead atoms. The topological polar surface area (TPSA) is 86.7 Å². The quantitative estimate of drug-likeness (QED) is 0.197. The Hall–Kier alpha value is -0.900. The maximum Gasteiger partial charge on any atom is 1.00 e. The normalized spacial score (nSPS) is 11.7. The molecule has 0 radical (unpaired) electrons. The Labute approximate surface area is 223 Å². The minimum Gasteiger partial charge on any atom is -1.00 e. The molecule has 33 heavy (non-hydrogen) atoms. The Bertz CT molecular complexity index is 998. The van der Waals surface area contributed by atoms with E-state index in [9.17, 15) is 16.8 Å². The molecule has 0 spiro atoms. The Kier molecular flexibility index (Phi) is 14.5. The minimum absolute atomic E-state index is 0. The van der Waals surface area contributed by atoms with Gasteiger partial charge >= 0.3 is 39.7 Å². The Morgan fingerprint density at radius 1 is 0.636 bits per heavy atom. The number of rotatable bonds is 16. The first-order valence-corrected chi connectivity index (χ1v) is 14.2. The summed E-state index contributed by atoms with van der Waals surface area (Å²) in [5, 5.41) is 0. The molecular formula is C24H35NaO6S2. The van der Waals surface area contributed by atoms with Crippen molar-refractivity contribution in [2.24, 2.45) is 0 Å². The summed E-state index contributed by atoms with van der Waals surface area (Å²) < 4.78 is 59.5. The largest absolute Gasteiger partial charge is 1.00 e. The van der Waals surface area contributed by atoms with Gasteiger partial charge in [-0.25, -0.2) is 0 Å². The van der Waals surface area contributed by atoms with Crippen LogP contribution in [0.5, 0.6) is 5.75 Å². The third-order valence-electron chi connectivity index (χ3n) is 5.09. The van der Waals surface area contributed by atoms with Crippen LogP contribution in [0, 0.1) is 0 Å². The fraction of sp³-hybridized carbons (Fsp3) is 0.500. The number of hydrogen-bond donors (Lipinski definition) is 0. The molecule has 0 atom stereocenters. The molecule has 0 amide bonds. The van der Waals surface area contributed by atoms with Gasteiger partial charge in [0.25, 0.3) is 10.1 Å². The first-order valence-electron chi connectivity index (χ1n) is 11.3. The monoisotopic (exact) mass is 506 g/mol. The number of para-hydroxylation sites is 1. The maximum atomic E-state index is 12.3. The van der Waals surface area contributed by atoms with Crippen molar-refractivity contribution in [3.05, 3.63) is 54.6 Å². The van der Waals surface area contributed by atoms with Gasteiger partial charge in [0.2, 0.25) is 0 Å². The van der Waals surface area contributed by atoms with Crippen LogP contribution in [0.1, 0.15) is 72.6 Å². The second-order valence-corrected chi connectivity index (χ2v) is 10.9. The summed E-state index contributed by atoms with van der Waals surface area (Å²) in [6.07, 6.45) is 11.5. The van der Waals surface area contributed by atoms with E-state index in [1.807, 2.05) is 0 Å². The molecule has 0 fully saturated rings. The fourth-order valence-corrected chi connectivity index (χ4v) is 5.12. The summed E-state index contributed by atoms with van der Waals surface area (Å²) >= 11 is 0. The van der Waals surface area contributed by atoms with Gasteiger partial charge in [0.15, 0.2) is 0 Å². The van der Waals surface area contributed by atoms with Gasteiger partial charge in [0.1, 0.15) is 10.6 Å². The van der Waals surface area contributed by atoms with Gasteiger partial charge in [0.05, 0.1) is 11.5 Å². The number of benzene rings is 2. The van der Waals surface area contributed by atoms with E-state index in [0.717, 1.165) is 12.8 Å². The summed E-state index contributed by atoms with van der Waals surface area (Å²) in [6.45, 7) is 2.33. The molecule has 0 N–H and O–H groups in total. The van der Waals surface area contributed by atoms with Crippen LogP contribution in [-0.2, 0) is 24.4 Å².